The normalized spacial score (nSPS) is 22.0. The predicted molar refractivity (Wildman–Crippen MR) is 67.9 cm³/mol. The van der Waals surface area contributed by atoms with Crippen LogP contribution in [0.5, 0.6) is 0 Å². The Bertz CT molecular complexity index is 648. The van der Waals surface area contributed by atoms with E-state index in [1.54, 1.807) is 6.07 Å². The Morgan fingerprint density at radius 3 is 2.65 bits per heavy atom. The van der Waals surface area contributed by atoms with Crippen molar-refractivity contribution in [1.29, 1.82) is 0 Å². The number of nitrogen functional groups attached to an aromatic ring is 1. The molecule has 2 N–H and O–H groups in total. The highest BCUT2D eigenvalue weighted by Crippen LogP contribution is 2.50. The number of benzene rings is 1. The van der Waals surface area contributed by atoms with Crippen LogP contribution < -0.4 is 5.73 Å². The fourth-order valence-electron chi connectivity index (χ4n) is 2.41. The molecule has 0 amide bonds. The molecule has 1 aromatic carbocycles. The highest BCUT2D eigenvalue weighted by atomic mass is 19.4. The molecule has 106 valence electrons. The van der Waals surface area contributed by atoms with E-state index in [4.69, 9.17) is 10.3 Å². The fourth-order valence-corrected chi connectivity index (χ4v) is 2.41. The lowest BCUT2D eigenvalue weighted by molar-refractivity contribution is -0.137. The summed E-state index contributed by atoms with van der Waals surface area (Å²) in [5, 5.41) is 3.92. The summed E-state index contributed by atoms with van der Waals surface area (Å²) in [7, 11) is 0. The Balaban J connectivity index is 2.07. The molecule has 2 unspecified atom stereocenters. The van der Waals surface area contributed by atoms with Crippen LogP contribution in [0.15, 0.2) is 28.8 Å². The zero-order chi connectivity index (χ0) is 14.5. The van der Waals surface area contributed by atoms with E-state index >= 15 is 0 Å². The summed E-state index contributed by atoms with van der Waals surface area (Å²) in [5.41, 5.74) is 6.58. The minimum absolute atomic E-state index is 0.0680. The van der Waals surface area contributed by atoms with Crippen LogP contribution in [0.1, 0.15) is 30.5 Å². The van der Waals surface area contributed by atoms with Crippen molar-refractivity contribution in [2.24, 2.45) is 5.92 Å². The third-order valence-electron chi connectivity index (χ3n) is 3.68. The molecule has 2 atom stereocenters. The number of aromatic nitrogens is 1. The summed E-state index contributed by atoms with van der Waals surface area (Å²) < 4.78 is 43.3. The Morgan fingerprint density at radius 2 is 2.05 bits per heavy atom. The van der Waals surface area contributed by atoms with E-state index in [1.807, 2.05) is 0 Å². The van der Waals surface area contributed by atoms with Crippen LogP contribution >= 0.6 is 0 Å². The Kier molecular flexibility index (Phi) is 2.77. The number of anilines is 1. The van der Waals surface area contributed by atoms with Gasteiger partial charge in [0.25, 0.3) is 0 Å². The van der Waals surface area contributed by atoms with Gasteiger partial charge >= 0.3 is 6.18 Å². The molecule has 1 fully saturated rings. The molecule has 0 saturated heterocycles. The molecule has 0 bridgehead atoms. The summed E-state index contributed by atoms with van der Waals surface area (Å²) in [6.45, 7) is 2.06. The highest BCUT2D eigenvalue weighted by Gasteiger charge is 2.39. The summed E-state index contributed by atoms with van der Waals surface area (Å²) >= 11 is 0. The molecule has 2 aromatic rings. The van der Waals surface area contributed by atoms with Crippen molar-refractivity contribution in [3.05, 3.63) is 35.5 Å². The van der Waals surface area contributed by atoms with Gasteiger partial charge in [0.1, 0.15) is 0 Å². The van der Waals surface area contributed by atoms with Gasteiger partial charge in [-0.2, -0.15) is 13.2 Å². The number of hydrogen-bond donors (Lipinski definition) is 1. The molecule has 6 heteroatoms. The second-order valence-electron chi connectivity index (χ2n) is 5.21. The van der Waals surface area contributed by atoms with Crippen molar-refractivity contribution >= 4 is 5.88 Å². The SMILES string of the molecule is CC1CC1c1noc(N)c1-c1cccc(C(F)(F)F)c1. The van der Waals surface area contributed by atoms with Gasteiger partial charge in [-0.05, 0) is 30.0 Å². The molecule has 0 spiro atoms. The van der Waals surface area contributed by atoms with Gasteiger partial charge in [0.05, 0.1) is 16.8 Å². The van der Waals surface area contributed by atoms with Gasteiger partial charge in [0.2, 0.25) is 5.88 Å². The average molecular weight is 282 g/mol. The first-order valence-corrected chi connectivity index (χ1v) is 6.30. The standard InChI is InChI=1S/C14H13F3N2O/c1-7-5-10(7)12-11(13(18)20-19-12)8-3-2-4-9(6-8)14(15,16)17/h2-4,6-7,10H,5,18H2,1H3. The Labute approximate surface area is 113 Å². The largest absolute Gasteiger partial charge is 0.416 e. The van der Waals surface area contributed by atoms with Crippen molar-refractivity contribution in [3.8, 4) is 11.1 Å². The van der Waals surface area contributed by atoms with Crippen molar-refractivity contribution in [2.45, 2.75) is 25.4 Å². The molecule has 0 radical (unpaired) electrons. The average Bonchev–Trinajstić information content (AvgIpc) is 2.97. The van der Waals surface area contributed by atoms with Crippen LogP contribution in [0, 0.1) is 5.92 Å². The van der Waals surface area contributed by atoms with Crippen molar-refractivity contribution in [3.63, 3.8) is 0 Å². The third-order valence-corrected chi connectivity index (χ3v) is 3.68. The number of nitrogens with zero attached hydrogens (tertiary/aromatic N) is 1. The number of rotatable bonds is 2. The smallest absolute Gasteiger partial charge is 0.367 e. The molecule has 3 rings (SSSR count). The molecular weight excluding hydrogens is 269 g/mol. The first-order valence-electron chi connectivity index (χ1n) is 6.30. The van der Waals surface area contributed by atoms with Gasteiger partial charge in [0.15, 0.2) is 0 Å². The zero-order valence-corrected chi connectivity index (χ0v) is 10.7. The summed E-state index contributed by atoms with van der Waals surface area (Å²) in [5.74, 6) is 0.753. The fraction of sp³-hybridized carbons (Fsp3) is 0.357. The lowest BCUT2D eigenvalue weighted by Crippen LogP contribution is -2.04. The maximum absolute atomic E-state index is 12.8. The van der Waals surface area contributed by atoms with E-state index in [0.717, 1.165) is 18.6 Å². The second kappa shape index (κ2) is 4.26. The summed E-state index contributed by atoms with van der Waals surface area (Å²) in [6.07, 6.45) is -3.42. The van der Waals surface area contributed by atoms with Crippen LogP contribution in [0.3, 0.4) is 0 Å². The van der Waals surface area contributed by atoms with Gasteiger partial charge < -0.3 is 10.3 Å². The van der Waals surface area contributed by atoms with E-state index in [-0.39, 0.29) is 11.8 Å². The second-order valence-corrected chi connectivity index (χ2v) is 5.21. The highest BCUT2D eigenvalue weighted by molar-refractivity contribution is 5.76. The van der Waals surface area contributed by atoms with E-state index in [2.05, 4.69) is 12.1 Å². The zero-order valence-electron chi connectivity index (χ0n) is 10.7. The van der Waals surface area contributed by atoms with Crippen molar-refractivity contribution < 1.29 is 17.7 Å². The molecule has 0 aliphatic heterocycles. The topological polar surface area (TPSA) is 52.0 Å². The number of halogens is 3. The first-order chi connectivity index (χ1) is 9.38. The van der Waals surface area contributed by atoms with E-state index in [1.165, 1.54) is 6.07 Å². The minimum Gasteiger partial charge on any atom is -0.367 e. The molecular formula is C14H13F3N2O. The minimum atomic E-state index is -4.38. The van der Waals surface area contributed by atoms with Gasteiger partial charge in [-0.3, -0.25) is 0 Å². The summed E-state index contributed by atoms with van der Waals surface area (Å²) in [6, 6.07) is 5.07. The maximum Gasteiger partial charge on any atom is 0.416 e. The predicted octanol–water partition coefficient (Wildman–Crippen LogP) is 4.07. The molecule has 1 aliphatic carbocycles. The van der Waals surface area contributed by atoms with Crippen LogP contribution in [-0.2, 0) is 6.18 Å². The molecule has 20 heavy (non-hydrogen) atoms. The van der Waals surface area contributed by atoms with E-state index in [9.17, 15) is 13.2 Å². The molecule has 1 saturated carbocycles. The number of hydrogen-bond acceptors (Lipinski definition) is 3. The summed E-state index contributed by atoms with van der Waals surface area (Å²) in [4.78, 5) is 0. The lowest BCUT2D eigenvalue weighted by Gasteiger charge is -2.08. The number of nitrogens with two attached hydrogens (primary N) is 1. The van der Waals surface area contributed by atoms with Gasteiger partial charge in [0, 0.05) is 5.92 Å². The molecule has 1 aromatic heterocycles. The molecule has 3 nitrogen and oxygen atoms in total. The van der Waals surface area contributed by atoms with E-state index in [0.29, 0.717) is 22.7 Å². The van der Waals surface area contributed by atoms with Crippen LogP contribution in [0.2, 0.25) is 0 Å². The van der Waals surface area contributed by atoms with Gasteiger partial charge in [-0.1, -0.05) is 24.2 Å². The lowest BCUT2D eigenvalue weighted by atomic mass is 10.0. The van der Waals surface area contributed by atoms with Crippen LogP contribution in [0.25, 0.3) is 11.1 Å². The Hall–Kier alpha value is -1.98. The van der Waals surface area contributed by atoms with E-state index < -0.39 is 11.7 Å². The maximum atomic E-state index is 12.8. The van der Waals surface area contributed by atoms with Crippen LogP contribution in [-0.4, -0.2) is 5.16 Å². The quantitative estimate of drug-likeness (QED) is 0.903. The monoisotopic (exact) mass is 282 g/mol. The molecule has 1 aliphatic rings. The van der Waals surface area contributed by atoms with Crippen LogP contribution in [0.4, 0.5) is 19.1 Å². The Morgan fingerprint density at radius 1 is 1.35 bits per heavy atom. The first kappa shape index (κ1) is 13.0. The van der Waals surface area contributed by atoms with Gasteiger partial charge in [-0.15, -0.1) is 0 Å². The van der Waals surface area contributed by atoms with Crippen molar-refractivity contribution in [2.75, 3.05) is 5.73 Å². The third kappa shape index (κ3) is 2.15. The number of alkyl halides is 3. The van der Waals surface area contributed by atoms with Gasteiger partial charge in [-0.25, -0.2) is 0 Å². The molecule has 1 heterocycles. The van der Waals surface area contributed by atoms with Crippen molar-refractivity contribution in [1.82, 2.24) is 5.16 Å².